The van der Waals surface area contributed by atoms with Crippen LogP contribution in [0.3, 0.4) is 0 Å². The summed E-state index contributed by atoms with van der Waals surface area (Å²) in [5.74, 6) is -0.0902. The van der Waals surface area contributed by atoms with Gasteiger partial charge in [-0.2, -0.15) is 0 Å². The molecule has 1 aliphatic heterocycles. The maximum absolute atomic E-state index is 11.0. The van der Waals surface area contributed by atoms with Gasteiger partial charge in [0.2, 0.25) is 5.91 Å². The highest BCUT2D eigenvalue weighted by Crippen LogP contribution is 2.19. The van der Waals surface area contributed by atoms with Gasteiger partial charge in [0, 0.05) is 17.5 Å². The maximum atomic E-state index is 11.0. The lowest BCUT2D eigenvalue weighted by molar-refractivity contribution is -0.123. The summed E-state index contributed by atoms with van der Waals surface area (Å²) in [5, 5.41) is 0.765. The Morgan fingerprint density at radius 1 is 1.29 bits per heavy atom. The first kappa shape index (κ1) is 12.4. The van der Waals surface area contributed by atoms with E-state index in [0.717, 1.165) is 37.5 Å². The fraction of sp³-hybridized carbons (Fsp3) is 0.462. The van der Waals surface area contributed by atoms with E-state index >= 15 is 0 Å². The summed E-state index contributed by atoms with van der Waals surface area (Å²) in [6.07, 6.45) is 1.76. The average Bonchev–Trinajstić information content (AvgIpc) is 2.33. The zero-order chi connectivity index (χ0) is 12.3. The smallest absolute Gasteiger partial charge is 0.220 e. The highest BCUT2D eigenvalue weighted by Gasteiger charge is 2.22. The van der Waals surface area contributed by atoms with Crippen molar-refractivity contribution in [2.45, 2.75) is 19.4 Å². The van der Waals surface area contributed by atoms with Gasteiger partial charge in [-0.05, 0) is 43.6 Å². The summed E-state index contributed by atoms with van der Waals surface area (Å²) in [6.45, 7) is 2.80. The number of carbonyl (C=O) groups excluding carboxylic acids is 1. The van der Waals surface area contributed by atoms with Crippen molar-refractivity contribution in [1.29, 1.82) is 0 Å². The van der Waals surface area contributed by atoms with Crippen molar-refractivity contribution in [2.75, 3.05) is 13.1 Å². The third kappa shape index (κ3) is 3.45. The molecule has 0 aliphatic carbocycles. The summed E-state index contributed by atoms with van der Waals surface area (Å²) < 4.78 is 0. The van der Waals surface area contributed by atoms with Crippen LogP contribution in [0.4, 0.5) is 0 Å². The fourth-order valence-corrected chi connectivity index (χ4v) is 2.35. The van der Waals surface area contributed by atoms with Gasteiger partial charge >= 0.3 is 0 Å². The topological polar surface area (TPSA) is 46.3 Å². The van der Waals surface area contributed by atoms with Crippen LogP contribution in [0.1, 0.15) is 18.4 Å². The van der Waals surface area contributed by atoms with Gasteiger partial charge < -0.3 is 5.73 Å². The molecule has 1 aliphatic rings. The first-order valence-corrected chi connectivity index (χ1v) is 6.29. The van der Waals surface area contributed by atoms with Crippen molar-refractivity contribution in [3.8, 4) is 0 Å². The lowest BCUT2D eigenvalue weighted by atomic mass is 9.96. The molecule has 92 valence electrons. The third-order valence-electron chi connectivity index (χ3n) is 3.31. The van der Waals surface area contributed by atoms with Crippen LogP contribution in [0.2, 0.25) is 5.02 Å². The number of carbonyl (C=O) groups is 1. The van der Waals surface area contributed by atoms with Crippen LogP contribution in [-0.4, -0.2) is 23.9 Å². The van der Waals surface area contributed by atoms with E-state index < -0.39 is 0 Å². The van der Waals surface area contributed by atoms with E-state index in [1.165, 1.54) is 5.56 Å². The summed E-state index contributed by atoms with van der Waals surface area (Å²) in [4.78, 5) is 13.4. The molecule has 0 saturated carbocycles. The monoisotopic (exact) mass is 252 g/mol. The maximum Gasteiger partial charge on any atom is 0.220 e. The van der Waals surface area contributed by atoms with Gasteiger partial charge in [-0.15, -0.1) is 0 Å². The van der Waals surface area contributed by atoms with Crippen molar-refractivity contribution >= 4 is 17.5 Å². The van der Waals surface area contributed by atoms with Crippen molar-refractivity contribution in [3.63, 3.8) is 0 Å². The molecule has 4 heteroatoms. The van der Waals surface area contributed by atoms with E-state index in [1.54, 1.807) is 0 Å². The minimum Gasteiger partial charge on any atom is -0.369 e. The van der Waals surface area contributed by atoms with Crippen molar-refractivity contribution < 1.29 is 4.79 Å². The fourth-order valence-electron chi connectivity index (χ4n) is 2.22. The van der Waals surface area contributed by atoms with Gasteiger partial charge in [0.1, 0.15) is 0 Å². The second kappa shape index (κ2) is 5.52. The molecule has 2 N–H and O–H groups in total. The second-order valence-corrected chi connectivity index (χ2v) is 5.02. The number of amides is 1. The Bertz CT molecular complexity index is 383. The molecule has 0 unspecified atom stereocenters. The molecule has 1 aromatic carbocycles. The van der Waals surface area contributed by atoms with Gasteiger partial charge in [0.25, 0.3) is 0 Å². The Labute approximate surface area is 107 Å². The molecule has 0 bridgehead atoms. The zero-order valence-electron chi connectivity index (χ0n) is 9.73. The molecular weight excluding hydrogens is 236 g/mol. The Balaban J connectivity index is 1.85. The van der Waals surface area contributed by atoms with Gasteiger partial charge in [-0.25, -0.2) is 0 Å². The normalized spacial score (nSPS) is 18.2. The summed E-state index contributed by atoms with van der Waals surface area (Å²) in [7, 11) is 0. The van der Waals surface area contributed by atoms with Crippen molar-refractivity contribution in [3.05, 3.63) is 34.9 Å². The van der Waals surface area contributed by atoms with E-state index in [1.807, 2.05) is 24.3 Å². The van der Waals surface area contributed by atoms with Crippen LogP contribution < -0.4 is 5.73 Å². The first-order chi connectivity index (χ1) is 8.15. The predicted molar refractivity (Wildman–Crippen MR) is 68.6 cm³/mol. The van der Waals surface area contributed by atoms with E-state index in [9.17, 15) is 4.79 Å². The Morgan fingerprint density at radius 2 is 1.88 bits per heavy atom. The number of likely N-dealkylation sites (tertiary alicyclic amines) is 1. The molecule has 1 fully saturated rings. The highest BCUT2D eigenvalue weighted by molar-refractivity contribution is 6.30. The number of nitrogens with two attached hydrogens (primary N) is 1. The van der Waals surface area contributed by atoms with Crippen molar-refractivity contribution in [1.82, 2.24) is 4.90 Å². The van der Waals surface area contributed by atoms with Crippen LogP contribution in [0, 0.1) is 5.92 Å². The number of rotatable bonds is 3. The zero-order valence-corrected chi connectivity index (χ0v) is 10.5. The molecule has 0 aromatic heterocycles. The number of piperidine rings is 1. The summed E-state index contributed by atoms with van der Waals surface area (Å²) in [6, 6.07) is 7.91. The standard InChI is InChI=1S/C13H17ClN2O/c14-12-3-1-10(2-4-12)9-16-7-5-11(6-8-16)13(15)17/h1-4,11H,5-9H2,(H2,15,17). The van der Waals surface area contributed by atoms with Crippen molar-refractivity contribution in [2.24, 2.45) is 11.7 Å². The average molecular weight is 253 g/mol. The van der Waals surface area contributed by atoms with E-state index in [0.29, 0.717) is 0 Å². The predicted octanol–water partition coefficient (Wildman–Crippen LogP) is 2.04. The molecule has 0 radical (unpaired) electrons. The van der Waals surface area contributed by atoms with Crippen LogP contribution in [0.25, 0.3) is 0 Å². The number of halogens is 1. The number of hydrogen-bond acceptors (Lipinski definition) is 2. The summed E-state index contributed by atoms with van der Waals surface area (Å²) in [5.41, 5.74) is 6.57. The molecule has 1 heterocycles. The number of benzene rings is 1. The first-order valence-electron chi connectivity index (χ1n) is 5.91. The van der Waals surface area contributed by atoms with E-state index in [-0.39, 0.29) is 11.8 Å². The van der Waals surface area contributed by atoms with Crippen LogP contribution >= 0.6 is 11.6 Å². The number of nitrogens with zero attached hydrogens (tertiary/aromatic N) is 1. The van der Waals surface area contributed by atoms with Gasteiger partial charge in [0.15, 0.2) is 0 Å². The largest absolute Gasteiger partial charge is 0.369 e. The Hall–Kier alpha value is -1.06. The second-order valence-electron chi connectivity index (χ2n) is 4.58. The van der Waals surface area contributed by atoms with Crippen LogP contribution in [0.15, 0.2) is 24.3 Å². The number of primary amides is 1. The quantitative estimate of drug-likeness (QED) is 0.895. The van der Waals surface area contributed by atoms with E-state index in [4.69, 9.17) is 17.3 Å². The van der Waals surface area contributed by atoms with Crippen LogP contribution in [-0.2, 0) is 11.3 Å². The minimum atomic E-state index is -0.156. The summed E-state index contributed by atoms with van der Waals surface area (Å²) >= 11 is 5.84. The van der Waals surface area contributed by atoms with Crippen LogP contribution in [0.5, 0.6) is 0 Å². The molecule has 17 heavy (non-hydrogen) atoms. The molecule has 3 nitrogen and oxygen atoms in total. The molecule has 1 aromatic rings. The SMILES string of the molecule is NC(=O)C1CCN(Cc2ccc(Cl)cc2)CC1. The molecule has 0 spiro atoms. The lowest BCUT2D eigenvalue weighted by Crippen LogP contribution is -2.38. The molecule has 1 amide bonds. The third-order valence-corrected chi connectivity index (χ3v) is 3.56. The van der Waals surface area contributed by atoms with Gasteiger partial charge in [0.05, 0.1) is 0 Å². The molecule has 1 saturated heterocycles. The minimum absolute atomic E-state index is 0.0662. The van der Waals surface area contributed by atoms with E-state index in [2.05, 4.69) is 4.90 Å². The Kier molecular flexibility index (Phi) is 4.02. The van der Waals surface area contributed by atoms with Gasteiger partial charge in [-0.3, -0.25) is 9.69 Å². The van der Waals surface area contributed by atoms with Gasteiger partial charge in [-0.1, -0.05) is 23.7 Å². The molecule has 0 atom stereocenters. The molecular formula is C13H17ClN2O. The molecule has 2 rings (SSSR count). The highest BCUT2D eigenvalue weighted by atomic mass is 35.5. The number of hydrogen-bond donors (Lipinski definition) is 1. The Morgan fingerprint density at radius 3 is 2.41 bits per heavy atom. The lowest BCUT2D eigenvalue weighted by Gasteiger charge is -2.30.